The molecule has 0 aromatic carbocycles. The summed E-state index contributed by atoms with van der Waals surface area (Å²) in [6, 6.07) is 1.79. The van der Waals surface area contributed by atoms with Crippen LogP contribution in [-0.2, 0) is 20.6 Å². The van der Waals surface area contributed by atoms with E-state index in [0.29, 0.717) is 28.6 Å². The normalized spacial score (nSPS) is 15.2. The van der Waals surface area contributed by atoms with E-state index in [-0.39, 0.29) is 11.2 Å². The van der Waals surface area contributed by atoms with Crippen molar-refractivity contribution in [3.05, 3.63) is 39.3 Å². The Morgan fingerprint density at radius 2 is 1.80 bits per heavy atom. The number of rotatable bonds is 6. The van der Waals surface area contributed by atoms with Crippen molar-refractivity contribution < 1.29 is 4.90 Å². The van der Waals surface area contributed by atoms with Gasteiger partial charge in [-0.1, -0.05) is 11.8 Å². The van der Waals surface area contributed by atoms with Crippen LogP contribution in [0.1, 0.15) is 6.92 Å². The molecule has 10 nitrogen and oxygen atoms in total. The molecule has 0 aliphatic carbocycles. The minimum absolute atomic E-state index is 0.314. The molecule has 4 rings (SSSR count). The average molecular weight is 432 g/mol. The van der Waals surface area contributed by atoms with E-state index in [1.165, 1.54) is 23.4 Å². The first-order valence-electron chi connectivity index (χ1n) is 10.2. The van der Waals surface area contributed by atoms with E-state index in [0.717, 1.165) is 43.2 Å². The number of fused-ring (bicyclic) bond motifs is 1. The number of piperazine rings is 1. The Hall–Kier alpha value is -2.66. The van der Waals surface area contributed by atoms with Gasteiger partial charge in [0, 0.05) is 38.8 Å². The molecule has 30 heavy (non-hydrogen) atoms. The zero-order valence-corrected chi connectivity index (χ0v) is 18.4. The molecule has 1 fully saturated rings. The van der Waals surface area contributed by atoms with E-state index in [9.17, 15) is 9.59 Å². The predicted octanol–water partition coefficient (Wildman–Crippen LogP) is -1.26. The molecule has 1 aliphatic heterocycles. The average Bonchev–Trinajstić information content (AvgIpc) is 3.16. The monoisotopic (exact) mass is 431 g/mol. The van der Waals surface area contributed by atoms with Gasteiger partial charge in [-0.2, -0.15) is 4.98 Å². The molecule has 3 aromatic heterocycles. The third kappa shape index (κ3) is 3.74. The maximum atomic E-state index is 13.0. The summed E-state index contributed by atoms with van der Waals surface area (Å²) in [6.45, 7) is 7.68. The fourth-order valence-electron chi connectivity index (χ4n) is 3.85. The number of imidazole rings is 1. The predicted molar refractivity (Wildman–Crippen MR) is 116 cm³/mol. The summed E-state index contributed by atoms with van der Waals surface area (Å²) >= 11 is 1.53. The van der Waals surface area contributed by atoms with E-state index < -0.39 is 0 Å². The Kier molecular flexibility index (Phi) is 5.91. The zero-order chi connectivity index (χ0) is 21.3. The summed E-state index contributed by atoms with van der Waals surface area (Å²) in [6.07, 6.45) is 3.43. The van der Waals surface area contributed by atoms with E-state index in [1.807, 2.05) is 4.57 Å². The highest BCUT2D eigenvalue weighted by atomic mass is 32.2. The number of anilines is 1. The fourth-order valence-corrected chi connectivity index (χ4v) is 4.58. The smallest absolute Gasteiger partial charge is 0.332 e. The molecule has 3 aromatic rings. The van der Waals surface area contributed by atoms with Gasteiger partial charge in [0.1, 0.15) is 0 Å². The van der Waals surface area contributed by atoms with Crippen LogP contribution in [0, 0.1) is 0 Å². The standard InChI is InChI=1S/C19H26N8O2S/c1-4-25-8-10-26(11-9-25)18-22-15-14(16(28)24(3)19(29)23(15)2)27(18)12-13-30-17-20-6-5-7-21-17/h5-7H,4,8-13H2,1-3H3/p+1. The molecule has 160 valence electrons. The lowest BCUT2D eigenvalue weighted by atomic mass is 10.3. The number of thioether (sulfide) groups is 1. The Balaban J connectivity index is 1.73. The van der Waals surface area contributed by atoms with Crippen molar-refractivity contribution in [2.24, 2.45) is 14.1 Å². The largest absolute Gasteiger partial charge is 0.332 e. The van der Waals surface area contributed by atoms with Gasteiger partial charge in [0.05, 0.1) is 32.7 Å². The van der Waals surface area contributed by atoms with Crippen LogP contribution >= 0.6 is 11.8 Å². The second-order valence-corrected chi connectivity index (χ2v) is 8.47. The number of nitrogens with zero attached hydrogens (tertiary/aromatic N) is 7. The minimum atomic E-state index is -0.365. The lowest BCUT2D eigenvalue weighted by Gasteiger charge is -2.32. The molecular formula is C19H27N8O2S+. The van der Waals surface area contributed by atoms with Crippen LogP contribution in [0.3, 0.4) is 0 Å². The number of nitrogens with one attached hydrogen (secondary N) is 1. The van der Waals surface area contributed by atoms with Crippen LogP contribution in [0.2, 0.25) is 0 Å². The van der Waals surface area contributed by atoms with Gasteiger partial charge in [-0.15, -0.1) is 0 Å². The highest BCUT2D eigenvalue weighted by Crippen LogP contribution is 2.21. The lowest BCUT2D eigenvalue weighted by Crippen LogP contribution is -3.14. The van der Waals surface area contributed by atoms with Gasteiger partial charge in [-0.25, -0.2) is 14.8 Å². The Morgan fingerprint density at radius 1 is 1.10 bits per heavy atom. The topological polar surface area (TPSA) is 95.3 Å². The van der Waals surface area contributed by atoms with Crippen molar-refractivity contribution in [2.45, 2.75) is 18.6 Å². The van der Waals surface area contributed by atoms with Crippen molar-refractivity contribution in [1.82, 2.24) is 28.7 Å². The highest BCUT2D eigenvalue weighted by molar-refractivity contribution is 7.99. The molecule has 0 radical (unpaired) electrons. The first-order valence-corrected chi connectivity index (χ1v) is 11.1. The van der Waals surface area contributed by atoms with Crippen LogP contribution in [0.25, 0.3) is 11.2 Å². The maximum Gasteiger partial charge on any atom is 0.332 e. The van der Waals surface area contributed by atoms with Gasteiger partial charge in [-0.05, 0) is 13.0 Å². The van der Waals surface area contributed by atoms with Crippen molar-refractivity contribution in [1.29, 1.82) is 0 Å². The molecule has 1 N–H and O–H groups in total. The minimum Gasteiger partial charge on any atom is -0.332 e. The highest BCUT2D eigenvalue weighted by Gasteiger charge is 2.26. The van der Waals surface area contributed by atoms with Crippen LogP contribution < -0.4 is 21.0 Å². The first-order chi connectivity index (χ1) is 14.5. The lowest BCUT2D eigenvalue weighted by molar-refractivity contribution is -0.898. The molecule has 0 saturated carbocycles. The molecule has 11 heteroatoms. The number of quaternary nitrogens is 1. The molecule has 0 amide bonds. The number of hydrogen-bond acceptors (Lipinski definition) is 7. The van der Waals surface area contributed by atoms with Crippen LogP contribution in [0.5, 0.6) is 0 Å². The maximum absolute atomic E-state index is 13.0. The molecule has 0 bridgehead atoms. The fraction of sp³-hybridized carbons (Fsp3) is 0.526. The van der Waals surface area contributed by atoms with Crippen LogP contribution in [-0.4, -0.2) is 67.1 Å². The third-order valence-corrected chi connectivity index (χ3v) is 6.53. The summed E-state index contributed by atoms with van der Waals surface area (Å²) in [7, 11) is 3.17. The summed E-state index contributed by atoms with van der Waals surface area (Å²) in [4.78, 5) is 42.5. The van der Waals surface area contributed by atoms with E-state index in [4.69, 9.17) is 4.98 Å². The van der Waals surface area contributed by atoms with Crippen molar-refractivity contribution in [3.63, 3.8) is 0 Å². The molecule has 0 unspecified atom stereocenters. The van der Waals surface area contributed by atoms with Gasteiger partial charge in [-0.3, -0.25) is 13.9 Å². The SMILES string of the molecule is CC[NH+]1CCN(c2nc3c(c(=O)n(C)c(=O)n3C)n2CCSc2ncccn2)CC1. The number of aromatic nitrogens is 6. The van der Waals surface area contributed by atoms with E-state index >= 15 is 0 Å². The number of aryl methyl sites for hydroxylation is 2. The summed E-state index contributed by atoms with van der Waals surface area (Å²) in [5.74, 6) is 1.45. The quantitative estimate of drug-likeness (QED) is 0.385. The number of likely N-dealkylation sites (N-methyl/N-ethyl adjacent to an activating group) is 1. The van der Waals surface area contributed by atoms with Gasteiger partial charge in [0.25, 0.3) is 5.56 Å². The van der Waals surface area contributed by atoms with Gasteiger partial charge >= 0.3 is 5.69 Å². The van der Waals surface area contributed by atoms with Gasteiger partial charge in [0.15, 0.2) is 16.3 Å². The molecule has 1 saturated heterocycles. The second kappa shape index (κ2) is 8.60. The Bertz CT molecular complexity index is 1150. The zero-order valence-electron chi connectivity index (χ0n) is 17.5. The molecule has 0 spiro atoms. The van der Waals surface area contributed by atoms with Crippen molar-refractivity contribution >= 4 is 28.9 Å². The molecule has 1 aliphatic rings. The van der Waals surface area contributed by atoms with Crippen LogP contribution in [0.15, 0.2) is 33.2 Å². The van der Waals surface area contributed by atoms with E-state index in [1.54, 1.807) is 30.4 Å². The summed E-state index contributed by atoms with van der Waals surface area (Å²) in [5, 5.41) is 0.698. The Morgan fingerprint density at radius 3 is 2.47 bits per heavy atom. The van der Waals surface area contributed by atoms with Gasteiger partial charge in [0.2, 0.25) is 5.95 Å². The molecule has 0 atom stereocenters. The second-order valence-electron chi connectivity index (χ2n) is 7.41. The first kappa shape index (κ1) is 20.6. The summed E-state index contributed by atoms with van der Waals surface area (Å²) < 4.78 is 4.57. The van der Waals surface area contributed by atoms with Crippen LogP contribution in [0.4, 0.5) is 5.95 Å². The third-order valence-electron chi connectivity index (χ3n) is 5.67. The molecular weight excluding hydrogens is 404 g/mol. The molecule has 4 heterocycles. The van der Waals surface area contributed by atoms with Crippen molar-refractivity contribution in [2.75, 3.05) is 43.4 Å². The number of hydrogen-bond donors (Lipinski definition) is 1. The summed E-state index contributed by atoms with van der Waals surface area (Å²) in [5.41, 5.74) is 0.223. The Labute approximate surface area is 178 Å². The van der Waals surface area contributed by atoms with E-state index in [2.05, 4.69) is 21.8 Å². The van der Waals surface area contributed by atoms with Gasteiger partial charge < -0.3 is 14.4 Å². The van der Waals surface area contributed by atoms with Crippen molar-refractivity contribution in [3.8, 4) is 0 Å².